The summed E-state index contributed by atoms with van der Waals surface area (Å²) in [6, 6.07) is 21.2. The van der Waals surface area contributed by atoms with Gasteiger partial charge in [-0.2, -0.15) is 0 Å². The van der Waals surface area contributed by atoms with Gasteiger partial charge in [0.2, 0.25) is 0 Å². The monoisotopic (exact) mass is 571 g/mol. The summed E-state index contributed by atoms with van der Waals surface area (Å²) in [7, 11) is 0. The van der Waals surface area contributed by atoms with Crippen LogP contribution in [0.1, 0.15) is 95.4 Å². The van der Waals surface area contributed by atoms with Gasteiger partial charge in [-0.3, -0.25) is 9.52 Å². The molecule has 0 aliphatic carbocycles. The molecule has 2 aliphatic heterocycles. The van der Waals surface area contributed by atoms with Gasteiger partial charge in [-0.1, -0.05) is 71.0 Å². The molecule has 1 saturated heterocycles. The topological polar surface area (TPSA) is 61.4 Å². The third kappa shape index (κ3) is 6.56. The summed E-state index contributed by atoms with van der Waals surface area (Å²) in [6.45, 7) is 17.4. The SMILES string of the molecule is CC(C)CN1c2cccc(n2)SNC(=O)c2ccc(C(C)(C)C)nc2N2C[C@@H](CCC1c1ccccc1)CC2(C)C. The highest BCUT2D eigenvalue weighted by atomic mass is 32.2. The molecule has 7 heteroatoms. The number of hydrogen-bond donors (Lipinski definition) is 1. The van der Waals surface area contributed by atoms with E-state index in [4.69, 9.17) is 9.97 Å². The molecule has 5 rings (SSSR count). The minimum atomic E-state index is -0.138. The van der Waals surface area contributed by atoms with E-state index in [1.54, 1.807) is 0 Å². The van der Waals surface area contributed by atoms with Gasteiger partial charge in [0.1, 0.15) is 16.7 Å². The molecular weight excluding hydrogens is 526 g/mol. The molecule has 2 aliphatic rings. The molecule has 4 heterocycles. The summed E-state index contributed by atoms with van der Waals surface area (Å²) >= 11 is 1.28. The van der Waals surface area contributed by atoms with E-state index in [0.717, 1.165) is 54.7 Å². The summed E-state index contributed by atoms with van der Waals surface area (Å²) in [5.74, 6) is 2.57. The number of rotatable bonds is 3. The number of aromatic nitrogens is 2. The highest BCUT2D eigenvalue weighted by molar-refractivity contribution is 7.97. The molecule has 0 spiro atoms. The van der Waals surface area contributed by atoms with Crippen LogP contribution in [-0.4, -0.2) is 34.5 Å². The number of carbonyl (C=O) groups is 1. The molecule has 2 atom stereocenters. The smallest absolute Gasteiger partial charge is 0.265 e. The van der Waals surface area contributed by atoms with Crippen molar-refractivity contribution in [2.75, 3.05) is 22.9 Å². The van der Waals surface area contributed by atoms with Crippen LogP contribution in [0.4, 0.5) is 11.6 Å². The van der Waals surface area contributed by atoms with Gasteiger partial charge in [0.25, 0.3) is 5.91 Å². The van der Waals surface area contributed by atoms with Crippen LogP contribution >= 0.6 is 11.9 Å². The third-order valence-corrected chi connectivity index (χ3v) is 9.05. The van der Waals surface area contributed by atoms with E-state index in [1.165, 1.54) is 17.5 Å². The fourth-order valence-corrected chi connectivity index (χ4v) is 6.91. The molecule has 4 bridgehead atoms. The number of nitrogens with zero attached hydrogens (tertiary/aromatic N) is 4. The molecule has 2 aromatic heterocycles. The van der Waals surface area contributed by atoms with Crippen LogP contribution in [-0.2, 0) is 5.41 Å². The molecule has 1 fully saturated rings. The van der Waals surface area contributed by atoms with E-state index in [9.17, 15) is 4.79 Å². The zero-order valence-electron chi connectivity index (χ0n) is 25.6. The maximum Gasteiger partial charge on any atom is 0.265 e. The first-order valence-corrected chi connectivity index (χ1v) is 15.8. The normalized spacial score (nSPS) is 21.2. The number of nitrogens with one attached hydrogen (secondary N) is 1. The number of hydrogen-bond acceptors (Lipinski definition) is 6. The van der Waals surface area contributed by atoms with Gasteiger partial charge in [-0.15, -0.1) is 0 Å². The van der Waals surface area contributed by atoms with Crippen LogP contribution in [0, 0.1) is 11.8 Å². The molecule has 218 valence electrons. The van der Waals surface area contributed by atoms with Gasteiger partial charge < -0.3 is 9.80 Å². The van der Waals surface area contributed by atoms with Gasteiger partial charge in [-0.25, -0.2) is 9.97 Å². The van der Waals surface area contributed by atoms with Crippen LogP contribution in [0.25, 0.3) is 0 Å². The van der Waals surface area contributed by atoms with E-state index in [2.05, 4.69) is 99.4 Å². The molecule has 1 N–H and O–H groups in total. The van der Waals surface area contributed by atoms with Crippen LogP contribution in [0.3, 0.4) is 0 Å². The lowest BCUT2D eigenvalue weighted by Crippen LogP contribution is -2.40. The predicted octanol–water partition coefficient (Wildman–Crippen LogP) is 7.81. The molecule has 0 saturated carbocycles. The molecule has 41 heavy (non-hydrogen) atoms. The standard InChI is InChI=1S/C34H45N5OS/c1-23(2)21-38-27(25-12-9-8-10-13-25)18-16-24-20-34(6,7)39(22-24)31-26(17-19-28(35-31)33(3,4)5)32(40)37-41-30-15-11-14-29(38)36-30/h8-15,17,19,23-24,27H,16,18,20-22H2,1-7H3,(H,37,40)/t24-,27?/m0/s1. The van der Waals surface area contributed by atoms with E-state index in [-0.39, 0.29) is 22.9 Å². The molecule has 1 amide bonds. The van der Waals surface area contributed by atoms with Gasteiger partial charge in [0, 0.05) is 41.7 Å². The van der Waals surface area contributed by atoms with Gasteiger partial charge in [0.05, 0.1) is 11.6 Å². The Balaban J connectivity index is 1.60. The molecular formula is C34H45N5OS. The average molecular weight is 572 g/mol. The Morgan fingerprint density at radius 2 is 1.76 bits per heavy atom. The van der Waals surface area contributed by atoms with Crippen LogP contribution < -0.4 is 14.5 Å². The Kier molecular flexibility index (Phi) is 8.38. The van der Waals surface area contributed by atoms with Crippen molar-refractivity contribution >= 4 is 29.5 Å². The first kappa shape index (κ1) is 29.4. The van der Waals surface area contributed by atoms with Crippen molar-refractivity contribution in [1.29, 1.82) is 0 Å². The Bertz CT molecular complexity index is 1370. The molecule has 3 aromatic rings. The maximum absolute atomic E-state index is 13.7. The molecule has 0 radical (unpaired) electrons. The highest BCUT2D eigenvalue weighted by Crippen LogP contribution is 2.42. The summed E-state index contributed by atoms with van der Waals surface area (Å²) < 4.78 is 3.09. The summed E-state index contributed by atoms with van der Waals surface area (Å²) in [4.78, 5) is 28.8. The second-order valence-electron chi connectivity index (χ2n) is 13.7. The van der Waals surface area contributed by atoms with Crippen molar-refractivity contribution in [3.8, 4) is 0 Å². The average Bonchev–Trinajstić information content (AvgIpc) is 3.24. The minimum Gasteiger partial charge on any atom is -0.351 e. The number of amides is 1. The van der Waals surface area contributed by atoms with Crippen molar-refractivity contribution in [1.82, 2.24) is 14.7 Å². The van der Waals surface area contributed by atoms with E-state index in [1.807, 2.05) is 24.3 Å². The predicted molar refractivity (Wildman–Crippen MR) is 171 cm³/mol. The Hall–Kier alpha value is -3.06. The second-order valence-corrected chi connectivity index (χ2v) is 14.6. The minimum absolute atomic E-state index is 0.112. The van der Waals surface area contributed by atoms with Crippen molar-refractivity contribution < 1.29 is 4.79 Å². The molecule has 1 aromatic carbocycles. The van der Waals surface area contributed by atoms with E-state index >= 15 is 0 Å². The van der Waals surface area contributed by atoms with Gasteiger partial charge in [0.15, 0.2) is 0 Å². The quantitative estimate of drug-likeness (QED) is 0.324. The summed E-state index contributed by atoms with van der Waals surface area (Å²) in [5.41, 5.74) is 2.71. The first-order chi connectivity index (χ1) is 19.4. The number of anilines is 2. The van der Waals surface area contributed by atoms with E-state index < -0.39 is 0 Å². The summed E-state index contributed by atoms with van der Waals surface area (Å²) in [6.07, 6.45) is 3.18. The van der Waals surface area contributed by atoms with Crippen molar-refractivity contribution in [2.24, 2.45) is 11.8 Å². The number of carbonyl (C=O) groups excluding carboxylic acids is 1. The van der Waals surface area contributed by atoms with E-state index in [0.29, 0.717) is 17.4 Å². The first-order valence-electron chi connectivity index (χ1n) is 15.0. The summed E-state index contributed by atoms with van der Waals surface area (Å²) in [5, 5.41) is 0.772. The Morgan fingerprint density at radius 3 is 2.46 bits per heavy atom. The van der Waals surface area contributed by atoms with Crippen LogP contribution in [0.5, 0.6) is 0 Å². The Labute approximate surface area is 250 Å². The van der Waals surface area contributed by atoms with Crippen molar-refractivity contribution in [3.63, 3.8) is 0 Å². The van der Waals surface area contributed by atoms with Crippen molar-refractivity contribution in [2.45, 2.75) is 89.8 Å². The fourth-order valence-electron chi connectivity index (χ4n) is 6.32. The lowest BCUT2D eigenvalue weighted by molar-refractivity contribution is 0.0984. The van der Waals surface area contributed by atoms with Gasteiger partial charge in [-0.05, 0) is 74.8 Å². The number of benzene rings is 1. The largest absolute Gasteiger partial charge is 0.351 e. The lowest BCUT2D eigenvalue weighted by Gasteiger charge is -2.35. The Morgan fingerprint density at radius 1 is 1.00 bits per heavy atom. The van der Waals surface area contributed by atoms with Crippen LogP contribution in [0.15, 0.2) is 65.7 Å². The third-order valence-electron chi connectivity index (χ3n) is 8.33. The van der Waals surface area contributed by atoms with Gasteiger partial charge >= 0.3 is 0 Å². The fraction of sp³-hybridized carbons (Fsp3) is 0.500. The zero-order valence-corrected chi connectivity index (χ0v) is 26.5. The molecule has 6 nitrogen and oxygen atoms in total. The van der Waals surface area contributed by atoms with Crippen LogP contribution in [0.2, 0.25) is 0 Å². The molecule has 1 unspecified atom stereocenters. The second kappa shape index (κ2) is 11.7. The zero-order chi connectivity index (χ0) is 29.4. The number of fused-ring (bicyclic) bond motifs is 6. The van der Waals surface area contributed by atoms with Crippen molar-refractivity contribution in [3.05, 3.63) is 77.5 Å². The maximum atomic E-state index is 13.7. The number of pyridine rings is 2. The lowest BCUT2D eigenvalue weighted by atomic mass is 9.89. The highest BCUT2D eigenvalue weighted by Gasteiger charge is 2.41.